The number of nitrogens with zero attached hydrogens (tertiary/aromatic N) is 3. The molecule has 7 heteroatoms. The first-order valence-electron chi connectivity index (χ1n) is 11.0. The van der Waals surface area contributed by atoms with Gasteiger partial charge in [0.2, 0.25) is 5.82 Å². The normalized spacial score (nSPS) is 16.0. The van der Waals surface area contributed by atoms with Crippen LogP contribution in [0.25, 0.3) is 17.0 Å². The molecule has 1 aromatic heterocycles. The lowest BCUT2D eigenvalue weighted by atomic mass is 9.94. The number of carbonyl (C=O) groups excluding carboxylic acids is 1. The number of amides is 2. The van der Waals surface area contributed by atoms with Crippen LogP contribution in [0.2, 0.25) is 0 Å². The van der Waals surface area contributed by atoms with Crippen LogP contribution in [-0.2, 0) is 0 Å². The molecular weight excluding hydrogens is 444 g/mol. The first-order chi connectivity index (χ1) is 16.5. The van der Waals surface area contributed by atoms with Crippen molar-refractivity contribution in [2.24, 2.45) is 0 Å². The lowest BCUT2D eigenvalue weighted by Gasteiger charge is -2.35. The van der Waals surface area contributed by atoms with E-state index in [0.717, 1.165) is 38.5 Å². The second kappa shape index (κ2) is 9.19. The summed E-state index contributed by atoms with van der Waals surface area (Å²) in [4.78, 5) is 20.8. The summed E-state index contributed by atoms with van der Waals surface area (Å²) in [5.74, 6) is 0.896. The number of allylic oxidation sites excluding steroid dienone is 1. The van der Waals surface area contributed by atoms with Gasteiger partial charge in [0.15, 0.2) is 0 Å². The van der Waals surface area contributed by atoms with Gasteiger partial charge in [0.25, 0.3) is 5.89 Å². The Labute approximate surface area is 202 Å². The number of thioether (sulfide) groups is 1. The molecule has 1 atom stereocenters. The minimum atomic E-state index is -0.416. The van der Waals surface area contributed by atoms with Gasteiger partial charge in [0.05, 0.1) is 17.3 Å². The number of carbonyl (C=O) groups is 1. The molecule has 170 valence electrons. The summed E-state index contributed by atoms with van der Waals surface area (Å²) >= 11 is 1.66. The summed E-state index contributed by atoms with van der Waals surface area (Å²) in [5, 5.41) is 7.39. The third-order valence-electron chi connectivity index (χ3n) is 5.88. The van der Waals surface area contributed by atoms with Gasteiger partial charge in [-0.25, -0.2) is 4.79 Å². The van der Waals surface area contributed by atoms with Crippen LogP contribution in [0.5, 0.6) is 0 Å². The number of urea groups is 1. The molecule has 1 unspecified atom stereocenters. The Morgan fingerprint density at radius 2 is 1.74 bits per heavy atom. The van der Waals surface area contributed by atoms with Crippen LogP contribution in [0.15, 0.2) is 94.0 Å². The van der Waals surface area contributed by atoms with Gasteiger partial charge in [-0.2, -0.15) is 4.98 Å². The molecule has 1 aliphatic rings. The number of aromatic nitrogens is 2. The van der Waals surface area contributed by atoms with Crippen LogP contribution in [0.4, 0.5) is 10.5 Å². The molecule has 5 rings (SSSR count). The number of benzene rings is 3. The Balaban J connectivity index is 1.64. The molecule has 6 nitrogen and oxygen atoms in total. The van der Waals surface area contributed by atoms with Gasteiger partial charge >= 0.3 is 6.03 Å². The minimum Gasteiger partial charge on any atom is -0.334 e. The number of nitrogens with one attached hydrogen (secondary N) is 1. The maximum Gasteiger partial charge on any atom is 0.326 e. The van der Waals surface area contributed by atoms with Crippen molar-refractivity contribution >= 4 is 29.1 Å². The van der Waals surface area contributed by atoms with E-state index in [-0.39, 0.29) is 6.03 Å². The van der Waals surface area contributed by atoms with Crippen LogP contribution < -0.4 is 10.2 Å². The molecule has 4 aromatic rings. The number of aryl methyl sites for hydroxylation is 1. The number of hydrogen-bond acceptors (Lipinski definition) is 5. The Kier molecular flexibility index (Phi) is 5.94. The highest BCUT2D eigenvalue weighted by atomic mass is 32.2. The van der Waals surface area contributed by atoms with E-state index in [1.54, 1.807) is 16.7 Å². The standard InChI is InChI=1S/C27H24N4O2S/c1-17-8-7-11-20(16-17)25-29-26(33-30-25)23-18(2)31(21-12-14-22(34-3)15-13-21)27(32)28-24(23)19-9-5-4-6-10-19/h4-16,24H,1-3H3,(H,28,32). The topological polar surface area (TPSA) is 71.3 Å². The van der Waals surface area contributed by atoms with Crippen LogP contribution in [0, 0.1) is 6.92 Å². The predicted octanol–water partition coefficient (Wildman–Crippen LogP) is 6.47. The van der Waals surface area contributed by atoms with Crippen LogP contribution in [-0.4, -0.2) is 22.4 Å². The molecule has 1 N–H and O–H groups in total. The number of rotatable bonds is 5. The molecule has 0 aliphatic carbocycles. The van der Waals surface area contributed by atoms with E-state index in [9.17, 15) is 4.79 Å². The molecule has 0 saturated heterocycles. The van der Waals surface area contributed by atoms with Gasteiger partial charge < -0.3 is 9.84 Å². The first-order valence-corrected chi connectivity index (χ1v) is 12.2. The van der Waals surface area contributed by atoms with Crippen molar-refractivity contribution in [3.63, 3.8) is 0 Å². The van der Waals surface area contributed by atoms with E-state index in [1.165, 1.54) is 0 Å². The summed E-state index contributed by atoms with van der Waals surface area (Å²) in [5.41, 5.74) is 5.23. The molecule has 2 amide bonds. The van der Waals surface area contributed by atoms with Gasteiger partial charge in [-0.3, -0.25) is 4.90 Å². The molecular formula is C27H24N4O2S. The molecule has 0 saturated carbocycles. The van der Waals surface area contributed by atoms with E-state index in [0.29, 0.717) is 11.7 Å². The predicted molar refractivity (Wildman–Crippen MR) is 135 cm³/mol. The van der Waals surface area contributed by atoms with Crippen molar-refractivity contribution < 1.29 is 9.32 Å². The third kappa shape index (κ3) is 4.10. The molecule has 3 aromatic carbocycles. The maximum absolute atomic E-state index is 13.3. The first kappa shape index (κ1) is 22.0. The maximum atomic E-state index is 13.3. The van der Waals surface area contributed by atoms with Gasteiger partial charge in [0, 0.05) is 16.2 Å². The summed E-state index contributed by atoms with van der Waals surface area (Å²) in [6.45, 7) is 3.95. The molecule has 34 heavy (non-hydrogen) atoms. The quantitative estimate of drug-likeness (QED) is 0.340. The molecule has 2 heterocycles. The lowest BCUT2D eigenvalue weighted by molar-refractivity contribution is 0.244. The van der Waals surface area contributed by atoms with Crippen molar-refractivity contribution in [2.75, 3.05) is 11.2 Å². The summed E-state index contributed by atoms with van der Waals surface area (Å²) in [6.07, 6.45) is 2.03. The Bertz CT molecular complexity index is 1360. The average Bonchev–Trinajstić information content (AvgIpc) is 3.34. The molecule has 1 aliphatic heterocycles. The van der Waals surface area contributed by atoms with E-state index >= 15 is 0 Å². The molecule has 0 spiro atoms. The Morgan fingerprint density at radius 3 is 2.44 bits per heavy atom. The largest absolute Gasteiger partial charge is 0.334 e. The highest BCUT2D eigenvalue weighted by molar-refractivity contribution is 7.98. The Hall–Kier alpha value is -3.84. The summed E-state index contributed by atoms with van der Waals surface area (Å²) in [6, 6.07) is 25.1. The van der Waals surface area contributed by atoms with Gasteiger partial charge in [-0.1, -0.05) is 59.3 Å². The third-order valence-corrected chi connectivity index (χ3v) is 6.62. The minimum absolute atomic E-state index is 0.203. The van der Waals surface area contributed by atoms with Crippen molar-refractivity contribution in [1.82, 2.24) is 15.5 Å². The second-order valence-corrected chi connectivity index (χ2v) is 9.00. The van der Waals surface area contributed by atoms with Crippen molar-refractivity contribution in [3.05, 3.63) is 102 Å². The number of anilines is 1. The zero-order valence-electron chi connectivity index (χ0n) is 19.1. The Morgan fingerprint density at radius 1 is 0.971 bits per heavy atom. The SMILES string of the molecule is CSc1ccc(N2C(=O)NC(c3ccccc3)C(c3nc(-c4cccc(C)c4)no3)=C2C)cc1. The zero-order valence-corrected chi connectivity index (χ0v) is 20.0. The molecule has 0 bridgehead atoms. The summed E-state index contributed by atoms with van der Waals surface area (Å²) in [7, 11) is 0. The highest BCUT2D eigenvalue weighted by Gasteiger charge is 2.36. The van der Waals surface area contributed by atoms with Crippen molar-refractivity contribution in [2.45, 2.75) is 24.8 Å². The van der Waals surface area contributed by atoms with E-state index in [4.69, 9.17) is 9.51 Å². The summed E-state index contributed by atoms with van der Waals surface area (Å²) < 4.78 is 5.78. The van der Waals surface area contributed by atoms with Gasteiger partial charge in [-0.05, 0) is 56.0 Å². The fourth-order valence-corrected chi connectivity index (χ4v) is 4.60. The lowest BCUT2D eigenvalue weighted by Crippen LogP contribution is -2.46. The smallest absolute Gasteiger partial charge is 0.326 e. The van der Waals surface area contributed by atoms with Gasteiger partial charge in [-0.15, -0.1) is 11.8 Å². The van der Waals surface area contributed by atoms with Crippen molar-refractivity contribution in [1.29, 1.82) is 0 Å². The van der Waals surface area contributed by atoms with Crippen molar-refractivity contribution in [3.8, 4) is 11.4 Å². The van der Waals surface area contributed by atoms with E-state index in [1.807, 2.05) is 99.0 Å². The molecule has 0 fully saturated rings. The number of hydrogen-bond donors (Lipinski definition) is 1. The van der Waals surface area contributed by atoms with Crippen LogP contribution in [0.3, 0.4) is 0 Å². The monoisotopic (exact) mass is 468 g/mol. The fourth-order valence-electron chi connectivity index (χ4n) is 4.19. The van der Waals surface area contributed by atoms with Crippen LogP contribution >= 0.6 is 11.8 Å². The second-order valence-electron chi connectivity index (χ2n) is 8.12. The van der Waals surface area contributed by atoms with E-state index in [2.05, 4.69) is 10.5 Å². The fraction of sp³-hybridized carbons (Fsp3) is 0.148. The van der Waals surface area contributed by atoms with Gasteiger partial charge in [0.1, 0.15) is 0 Å². The highest BCUT2D eigenvalue weighted by Crippen LogP contribution is 2.39. The average molecular weight is 469 g/mol. The zero-order chi connectivity index (χ0) is 23.7. The van der Waals surface area contributed by atoms with E-state index < -0.39 is 6.04 Å². The molecule has 0 radical (unpaired) electrons. The van der Waals surface area contributed by atoms with Crippen LogP contribution in [0.1, 0.15) is 30.0 Å².